The maximum absolute atomic E-state index is 13.4. The van der Waals surface area contributed by atoms with Crippen molar-refractivity contribution in [2.75, 3.05) is 0 Å². The second-order valence-electron chi connectivity index (χ2n) is 9.30. The largest absolute Gasteiger partial charge is 0.348 e. The van der Waals surface area contributed by atoms with E-state index >= 15 is 0 Å². The van der Waals surface area contributed by atoms with Crippen LogP contribution < -0.4 is 5.32 Å². The minimum absolute atomic E-state index is 0.157. The maximum atomic E-state index is 13.4. The molecule has 0 aliphatic heterocycles. The number of hydrogen-bond donors (Lipinski definition) is 1. The van der Waals surface area contributed by atoms with Crippen molar-refractivity contribution in [3.8, 4) is 11.6 Å². The van der Waals surface area contributed by atoms with Crippen molar-refractivity contribution >= 4 is 16.9 Å². The van der Waals surface area contributed by atoms with Gasteiger partial charge in [-0.2, -0.15) is 14.9 Å². The predicted octanol–water partition coefficient (Wildman–Crippen LogP) is 4.13. The quantitative estimate of drug-likeness (QED) is 0.394. The third-order valence-electron chi connectivity index (χ3n) is 6.43. The lowest BCUT2D eigenvalue weighted by Crippen LogP contribution is -2.23. The average Bonchev–Trinajstić information content (AvgIpc) is 3.62. The molecule has 0 unspecified atom stereocenters. The van der Waals surface area contributed by atoms with Crippen molar-refractivity contribution in [2.45, 2.75) is 46.1 Å². The van der Waals surface area contributed by atoms with E-state index in [2.05, 4.69) is 25.5 Å². The minimum Gasteiger partial charge on any atom is -0.348 e. The van der Waals surface area contributed by atoms with Gasteiger partial charge in [0, 0.05) is 36.2 Å². The Hall–Kier alpha value is -4.40. The fourth-order valence-corrected chi connectivity index (χ4v) is 4.50. The van der Waals surface area contributed by atoms with E-state index in [1.54, 1.807) is 17.1 Å². The molecule has 0 radical (unpaired) electrons. The molecule has 0 atom stereocenters. The van der Waals surface area contributed by atoms with E-state index in [-0.39, 0.29) is 5.91 Å². The third kappa shape index (κ3) is 4.02. The van der Waals surface area contributed by atoms with Gasteiger partial charge in [-0.05, 0) is 69.5 Å². The number of aryl methyl sites for hydroxylation is 3. The van der Waals surface area contributed by atoms with Crippen LogP contribution in [0.25, 0.3) is 22.7 Å². The number of pyridine rings is 3. The van der Waals surface area contributed by atoms with Crippen LogP contribution in [0.15, 0.2) is 54.9 Å². The van der Waals surface area contributed by atoms with E-state index in [1.807, 2.05) is 67.9 Å². The third-order valence-corrected chi connectivity index (χ3v) is 6.43. The summed E-state index contributed by atoms with van der Waals surface area (Å²) >= 11 is 0. The van der Waals surface area contributed by atoms with Gasteiger partial charge in [0.15, 0.2) is 17.3 Å². The lowest BCUT2D eigenvalue weighted by atomic mass is 10.1. The molecule has 0 aromatic carbocycles. The molecule has 1 aliphatic carbocycles. The van der Waals surface area contributed by atoms with Gasteiger partial charge in [-0.25, -0.2) is 19.6 Å². The van der Waals surface area contributed by atoms with Crippen molar-refractivity contribution in [1.82, 2.24) is 39.8 Å². The summed E-state index contributed by atoms with van der Waals surface area (Å²) in [5.41, 5.74) is 5.80. The Balaban J connectivity index is 1.29. The molecule has 0 spiro atoms. The maximum Gasteiger partial charge on any atom is 0.252 e. The Morgan fingerprint density at radius 3 is 2.50 bits per heavy atom. The zero-order chi connectivity index (χ0) is 24.8. The summed E-state index contributed by atoms with van der Waals surface area (Å²) in [6.07, 6.45) is 5.67. The lowest BCUT2D eigenvalue weighted by molar-refractivity contribution is 0.0952. The van der Waals surface area contributed by atoms with Gasteiger partial charge >= 0.3 is 0 Å². The first kappa shape index (κ1) is 22.1. The van der Waals surface area contributed by atoms with Crippen molar-refractivity contribution in [3.63, 3.8) is 0 Å². The Kier molecular flexibility index (Phi) is 5.32. The van der Waals surface area contributed by atoms with Gasteiger partial charge in [0.1, 0.15) is 0 Å². The van der Waals surface area contributed by atoms with Gasteiger partial charge in [0.2, 0.25) is 0 Å². The summed E-state index contributed by atoms with van der Waals surface area (Å²) in [6, 6.07) is 13.5. The summed E-state index contributed by atoms with van der Waals surface area (Å²) in [4.78, 5) is 27.3. The highest BCUT2D eigenvalue weighted by Crippen LogP contribution is 2.40. The molecule has 5 heterocycles. The molecule has 9 heteroatoms. The molecule has 5 aromatic heterocycles. The van der Waals surface area contributed by atoms with Gasteiger partial charge in [-0.3, -0.25) is 4.79 Å². The SMILES string of the molecule is Cc1cc(C)n(-c2ccc(CNC(=O)c3cc(C4CC4)nc4c3c(C)nn4-c3ccccn3)cn2)n1. The summed E-state index contributed by atoms with van der Waals surface area (Å²) < 4.78 is 3.54. The van der Waals surface area contributed by atoms with E-state index < -0.39 is 0 Å². The Labute approximate surface area is 208 Å². The van der Waals surface area contributed by atoms with Gasteiger partial charge in [0.25, 0.3) is 5.91 Å². The lowest BCUT2D eigenvalue weighted by Gasteiger charge is -2.10. The summed E-state index contributed by atoms with van der Waals surface area (Å²) in [5, 5.41) is 13.0. The molecule has 180 valence electrons. The molecule has 36 heavy (non-hydrogen) atoms. The number of hydrogen-bond acceptors (Lipinski definition) is 6. The first-order chi connectivity index (χ1) is 17.5. The standard InChI is InChI=1S/C27H26N8O/c1-16-12-17(2)34(32-16)24-10-7-19(14-29-24)15-30-27(36)21-13-22(20-8-9-20)31-26-25(21)18(3)33-35(26)23-6-4-5-11-28-23/h4-7,10-14,20H,8-9,15H2,1-3H3,(H,30,36). The van der Waals surface area contributed by atoms with Crippen LogP contribution in [0.5, 0.6) is 0 Å². The van der Waals surface area contributed by atoms with Crippen LogP contribution in [0.3, 0.4) is 0 Å². The van der Waals surface area contributed by atoms with Crippen LogP contribution >= 0.6 is 0 Å². The van der Waals surface area contributed by atoms with Crippen LogP contribution in [0.4, 0.5) is 0 Å². The number of nitrogens with one attached hydrogen (secondary N) is 1. The monoisotopic (exact) mass is 478 g/mol. The van der Waals surface area contributed by atoms with Crippen LogP contribution in [0.1, 0.15) is 57.5 Å². The van der Waals surface area contributed by atoms with Gasteiger partial charge in [-0.15, -0.1) is 0 Å². The highest BCUT2D eigenvalue weighted by atomic mass is 16.1. The molecule has 0 saturated heterocycles. The summed E-state index contributed by atoms with van der Waals surface area (Å²) in [5.74, 6) is 1.66. The number of rotatable bonds is 6. The molecule has 1 saturated carbocycles. The number of amides is 1. The average molecular weight is 479 g/mol. The second kappa shape index (κ2) is 8.67. The smallest absolute Gasteiger partial charge is 0.252 e. The Bertz CT molecular complexity index is 1580. The van der Waals surface area contributed by atoms with Crippen LogP contribution in [-0.2, 0) is 6.54 Å². The number of nitrogens with zero attached hydrogens (tertiary/aromatic N) is 7. The molecule has 0 bridgehead atoms. The summed E-state index contributed by atoms with van der Waals surface area (Å²) in [7, 11) is 0. The van der Waals surface area contributed by atoms with Crippen molar-refractivity contribution in [3.05, 3.63) is 88.8 Å². The Morgan fingerprint density at radius 1 is 1.00 bits per heavy atom. The van der Waals surface area contributed by atoms with Crippen molar-refractivity contribution in [2.24, 2.45) is 0 Å². The first-order valence-electron chi connectivity index (χ1n) is 12.1. The molecule has 1 aliphatic rings. The predicted molar refractivity (Wildman–Crippen MR) is 135 cm³/mol. The van der Waals surface area contributed by atoms with Crippen LogP contribution in [0.2, 0.25) is 0 Å². The second-order valence-corrected chi connectivity index (χ2v) is 9.30. The zero-order valence-electron chi connectivity index (χ0n) is 20.4. The molecule has 1 amide bonds. The Morgan fingerprint density at radius 2 is 1.83 bits per heavy atom. The van der Waals surface area contributed by atoms with Gasteiger partial charge in [0.05, 0.1) is 22.3 Å². The molecular weight excluding hydrogens is 452 g/mol. The highest BCUT2D eigenvalue weighted by molar-refractivity contribution is 6.06. The van der Waals surface area contributed by atoms with Gasteiger partial charge < -0.3 is 5.32 Å². The number of fused-ring (bicyclic) bond motifs is 1. The fraction of sp³-hybridized carbons (Fsp3) is 0.259. The van der Waals surface area contributed by atoms with Gasteiger partial charge in [-0.1, -0.05) is 12.1 Å². The van der Waals surface area contributed by atoms with E-state index in [0.717, 1.165) is 52.4 Å². The normalized spacial score (nSPS) is 13.3. The number of aromatic nitrogens is 7. The van der Waals surface area contributed by atoms with E-state index in [1.165, 1.54) is 0 Å². The van der Waals surface area contributed by atoms with Crippen molar-refractivity contribution < 1.29 is 4.79 Å². The molecule has 9 nitrogen and oxygen atoms in total. The van der Waals surface area contributed by atoms with E-state index in [4.69, 9.17) is 4.98 Å². The summed E-state index contributed by atoms with van der Waals surface area (Å²) in [6.45, 7) is 6.22. The number of carbonyl (C=O) groups is 1. The minimum atomic E-state index is -0.157. The van der Waals surface area contributed by atoms with E-state index in [0.29, 0.717) is 29.5 Å². The molecule has 1 N–H and O–H groups in total. The highest BCUT2D eigenvalue weighted by Gasteiger charge is 2.29. The first-order valence-corrected chi connectivity index (χ1v) is 12.1. The van der Waals surface area contributed by atoms with E-state index in [9.17, 15) is 4.79 Å². The number of carbonyl (C=O) groups excluding carboxylic acids is 1. The van der Waals surface area contributed by atoms with Crippen LogP contribution in [-0.4, -0.2) is 40.4 Å². The van der Waals surface area contributed by atoms with Crippen molar-refractivity contribution in [1.29, 1.82) is 0 Å². The molecule has 6 rings (SSSR count). The zero-order valence-corrected chi connectivity index (χ0v) is 20.4. The topological polar surface area (TPSA) is 103 Å². The molecule has 1 fully saturated rings. The molecular formula is C27H26N8O. The van der Waals surface area contributed by atoms with Crippen LogP contribution in [0, 0.1) is 20.8 Å². The molecule has 5 aromatic rings. The fourth-order valence-electron chi connectivity index (χ4n) is 4.50.